The Hall–Kier alpha value is -3.48. The molecular weight excluding hydrogens is 364 g/mol. The van der Waals surface area contributed by atoms with Crippen molar-refractivity contribution in [2.75, 3.05) is 16.0 Å². The van der Waals surface area contributed by atoms with Crippen molar-refractivity contribution >= 4 is 23.2 Å². The fourth-order valence-electron chi connectivity index (χ4n) is 3.72. The van der Waals surface area contributed by atoms with Crippen molar-refractivity contribution < 1.29 is 4.79 Å². The van der Waals surface area contributed by atoms with E-state index >= 15 is 0 Å². The molecule has 1 aliphatic rings. The van der Waals surface area contributed by atoms with Crippen LogP contribution in [0, 0.1) is 0 Å². The molecule has 0 atom stereocenters. The summed E-state index contributed by atoms with van der Waals surface area (Å²) in [6, 6.07) is 10.9. The molecule has 3 N–H and O–H groups in total. The van der Waals surface area contributed by atoms with Crippen molar-refractivity contribution in [3.8, 4) is 11.3 Å². The molecule has 2 amide bonds. The van der Waals surface area contributed by atoms with Gasteiger partial charge in [-0.1, -0.05) is 19.3 Å². The van der Waals surface area contributed by atoms with Gasteiger partial charge < -0.3 is 11.1 Å². The smallest absolute Gasteiger partial charge is 0.327 e. The van der Waals surface area contributed by atoms with Gasteiger partial charge in [-0.3, -0.25) is 14.9 Å². The zero-order valence-electron chi connectivity index (χ0n) is 16.2. The average Bonchev–Trinajstić information content (AvgIpc) is 2.77. The summed E-state index contributed by atoms with van der Waals surface area (Å²) in [7, 11) is 0. The van der Waals surface area contributed by atoms with Gasteiger partial charge in [0.05, 0.1) is 23.3 Å². The van der Waals surface area contributed by atoms with Crippen LogP contribution in [-0.4, -0.2) is 27.0 Å². The maximum Gasteiger partial charge on any atom is 0.327 e. The third-order valence-electron chi connectivity index (χ3n) is 5.16. The van der Waals surface area contributed by atoms with Crippen molar-refractivity contribution in [2.24, 2.45) is 0 Å². The molecule has 7 heteroatoms. The van der Waals surface area contributed by atoms with Crippen LogP contribution in [0.2, 0.25) is 0 Å². The Labute approximate surface area is 170 Å². The number of urea groups is 1. The zero-order chi connectivity index (χ0) is 20.1. The van der Waals surface area contributed by atoms with Gasteiger partial charge >= 0.3 is 6.03 Å². The van der Waals surface area contributed by atoms with Crippen LogP contribution in [0.3, 0.4) is 0 Å². The number of aromatic nitrogens is 3. The molecule has 0 unspecified atom stereocenters. The number of nitrogen functional groups attached to an aromatic ring is 1. The van der Waals surface area contributed by atoms with Crippen LogP contribution in [0.4, 0.5) is 22.0 Å². The molecule has 4 rings (SSSR count). The number of carbonyl (C=O) groups excluding carboxylic acids is 1. The first kappa shape index (κ1) is 18.9. The predicted octanol–water partition coefficient (Wildman–Crippen LogP) is 4.49. The lowest BCUT2D eigenvalue weighted by Crippen LogP contribution is -2.45. The number of nitrogens with two attached hydrogens (primary N) is 1. The van der Waals surface area contributed by atoms with E-state index in [4.69, 9.17) is 10.7 Å². The first-order valence-electron chi connectivity index (χ1n) is 9.89. The van der Waals surface area contributed by atoms with Gasteiger partial charge in [-0.15, -0.1) is 0 Å². The van der Waals surface area contributed by atoms with Crippen LogP contribution in [0.15, 0.2) is 61.2 Å². The minimum absolute atomic E-state index is 0.0550. The van der Waals surface area contributed by atoms with Gasteiger partial charge in [0.1, 0.15) is 0 Å². The molecule has 1 fully saturated rings. The number of nitrogens with zero attached hydrogens (tertiary/aromatic N) is 4. The molecule has 1 aliphatic carbocycles. The molecule has 0 spiro atoms. The number of pyridine rings is 3. The molecule has 0 radical (unpaired) electrons. The maximum absolute atomic E-state index is 13.3. The molecule has 7 nitrogen and oxygen atoms in total. The summed E-state index contributed by atoms with van der Waals surface area (Å²) < 4.78 is 0. The Morgan fingerprint density at radius 1 is 1.00 bits per heavy atom. The summed E-state index contributed by atoms with van der Waals surface area (Å²) in [4.78, 5) is 28.0. The van der Waals surface area contributed by atoms with Crippen LogP contribution in [0.5, 0.6) is 0 Å². The summed E-state index contributed by atoms with van der Waals surface area (Å²) >= 11 is 0. The first-order valence-corrected chi connectivity index (χ1v) is 9.89. The van der Waals surface area contributed by atoms with Crippen molar-refractivity contribution in [3.05, 3.63) is 61.2 Å². The van der Waals surface area contributed by atoms with Crippen LogP contribution >= 0.6 is 0 Å². The summed E-state index contributed by atoms with van der Waals surface area (Å²) in [5.41, 5.74) is 9.02. The number of hydrogen-bond acceptors (Lipinski definition) is 5. The maximum atomic E-state index is 13.3. The second-order valence-corrected chi connectivity index (χ2v) is 7.18. The Morgan fingerprint density at radius 3 is 2.45 bits per heavy atom. The van der Waals surface area contributed by atoms with E-state index < -0.39 is 0 Å². The number of amides is 2. The highest BCUT2D eigenvalue weighted by Gasteiger charge is 2.30. The lowest BCUT2D eigenvalue weighted by molar-refractivity contribution is 0.252. The summed E-state index contributed by atoms with van der Waals surface area (Å²) in [5, 5.41) is 2.94. The normalized spacial score (nSPS) is 14.3. The standard InChI is InChI=1S/C22H24N6O/c23-19-10-11-20(16-6-4-12-24-14-16)27-21(19)28(18-8-2-1-3-9-18)22(29)26-17-7-5-13-25-15-17/h4-7,10-15,18H,1-3,8-9,23H2,(H,26,29). The second-order valence-electron chi connectivity index (χ2n) is 7.18. The van der Waals surface area contributed by atoms with Crippen molar-refractivity contribution in [2.45, 2.75) is 38.1 Å². The molecular formula is C22H24N6O. The highest BCUT2D eigenvalue weighted by molar-refractivity contribution is 6.03. The summed E-state index contributed by atoms with van der Waals surface area (Å²) in [6.45, 7) is 0. The highest BCUT2D eigenvalue weighted by atomic mass is 16.2. The van der Waals surface area contributed by atoms with E-state index in [-0.39, 0.29) is 12.1 Å². The third-order valence-corrected chi connectivity index (χ3v) is 5.16. The van der Waals surface area contributed by atoms with E-state index in [2.05, 4.69) is 15.3 Å². The van der Waals surface area contributed by atoms with Gasteiger partial charge in [-0.2, -0.15) is 0 Å². The molecule has 0 saturated heterocycles. The molecule has 3 heterocycles. The fraction of sp³-hybridized carbons (Fsp3) is 0.273. The second kappa shape index (κ2) is 8.68. The Kier molecular flexibility index (Phi) is 5.65. The monoisotopic (exact) mass is 388 g/mol. The van der Waals surface area contributed by atoms with Gasteiger partial charge in [0.25, 0.3) is 0 Å². The van der Waals surface area contributed by atoms with Gasteiger partial charge in [0.2, 0.25) is 0 Å². The van der Waals surface area contributed by atoms with E-state index in [0.717, 1.165) is 36.9 Å². The Bertz CT molecular complexity index is 958. The van der Waals surface area contributed by atoms with E-state index in [0.29, 0.717) is 17.2 Å². The number of anilines is 3. The van der Waals surface area contributed by atoms with Gasteiger partial charge in [-0.25, -0.2) is 9.78 Å². The van der Waals surface area contributed by atoms with Crippen molar-refractivity contribution in [1.82, 2.24) is 15.0 Å². The minimum atomic E-state index is -0.243. The van der Waals surface area contributed by atoms with Crippen molar-refractivity contribution in [1.29, 1.82) is 0 Å². The number of carbonyl (C=O) groups is 1. The average molecular weight is 388 g/mol. The van der Waals surface area contributed by atoms with Gasteiger partial charge in [0, 0.05) is 30.2 Å². The Balaban J connectivity index is 1.71. The summed E-state index contributed by atoms with van der Waals surface area (Å²) in [5.74, 6) is 0.486. The predicted molar refractivity (Wildman–Crippen MR) is 114 cm³/mol. The molecule has 1 saturated carbocycles. The van der Waals surface area contributed by atoms with Crippen LogP contribution < -0.4 is 16.0 Å². The van der Waals surface area contributed by atoms with Crippen LogP contribution in [0.1, 0.15) is 32.1 Å². The Morgan fingerprint density at radius 2 is 1.76 bits per heavy atom. The van der Waals surface area contributed by atoms with Gasteiger partial charge in [0.15, 0.2) is 5.82 Å². The zero-order valence-corrected chi connectivity index (χ0v) is 16.2. The van der Waals surface area contributed by atoms with E-state index in [9.17, 15) is 4.79 Å². The van der Waals surface area contributed by atoms with Crippen LogP contribution in [0.25, 0.3) is 11.3 Å². The molecule has 0 aliphatic heterocycles. The quantitative estimate of drug-likeness (QED) is 0.686. The minimum Gasteiger partial charge on any atom is -0.396 e. The van der Waals surface area contributed by atoms with Crippen LogP contribution in [-0.2, 0) is 0 Å². The molecule has 0 aromatic carbocycles. The number of rotatable bonds is 4. The molecule has 29 heavy (non-hydrogen) atoms. The topological polar surface area (TPSA) is 97.0 Å². The molecule has 3 aromatic heterocycles. The summed E-state index contributed by atoms with van der Waals surface area (Å²) in [6.07, 6.45) is 12.0. The lowest BCUT2D eigenvalue weighted by atomic mass is 9.94. The molecule has 0 bridgehead atoms. The van der Waals surface area contributed by atoms with E-state index in [1.165, 1.54) is 6.42 Å². The number of hydrogen-bond donors (Lipinski definition) is 2. The van der Waals surface area contributed by atoms with E-state index in [1.54, 1.807) is 41.8 Å². The molecule has 3 aromatic rings. The number of nitrogens with one attached hydrogen (secondary N) is 1. The lowest BCUT2D eigenvalue weighted by Gasteiger charge is -2.34. The van der Waals surface area contributed by atoms with E-state index in [1.807, 2.05) is 24.3 Å². The first-order chi connectivity index (χ1) is 14.2. The third kappa shape index (κ3) is 4.34. The fourth-order valence-corrected chi connectivity index (χ4v) is 3.72. The van der Waals surface area contributed by atoms with Gasteiger partial charge in [-0.05, 0) is 49.2 Å². The SMILES string of the molecule is Nc1ccc(-c2cccnc2)nc1N(C(=O)Nc1cccnc1)C1CCCCC1. The van der Waals surface area contributed by atoms with Crippen molar-refractivity contribution in [3.63, 3.8) is 0 Å². The molecule has 148 valence electrons. The largest absolute Gasteiger partial charge is 0.396 e. The highest BCUT2D eigenvalue weighted by Crippen LogP contribution is 2.32.